The van der Waals surface area contributed by atoms with Crippen molar-refractivity contribution < 1.29 is 37.0 Å². The number of nitrogens with zero attached hydrogens (tertiary/aromatic N) is 6. The van der Waals surface area contributed by atoms with E-state index in [-0.39, 0.29) is 42.7 Å². The number of aromatic nitrogens is 3. The van der Waals surface area contributed by atoms with E-state index in [4.69, 9.17) is 19.5 Å². The Morgan fingerprint density at radius 2 is 1.66 bits per heavy atom. The van der Waals surface area contributed by atoms with Crippen molar-refractivity contribution in [3.63, 3.8) is 0 Å². The van der Waals surface area contributed by atoms with E-state index in [1.165, 1.54) is 47.0 Å². The smallest absolute Gasteiger partial charge is 0.461 e. The number of ether oxygens (including phenoxy) is 3. The first kappa shape index (κ1) is 41.7. The number of carbonyl (C=O) groups is 2. The fourth-order valence-corrected chi connectivity index (χ4v) is 6.95. The number of anilines is 1. The summed E-state index contributed by atoms with van der Waals surface area (Å²) in [5.41, 5.74) is 5.46. The number of amides is 1. The van der Waals surface area contributed by atoms with Gasteiger partial charge in [-0.1, -0.05) is 92.3 Å². The maximum Gasteiger partial charge on any atom is 0.573 e. The zero-order chi connectivity index (χ0) is 41.4. The molecule has 6 rings (SSSR count). The second-order valence-corrected chi connectivity index (χ2v) is 15.1. The second kappa shape index (κ2) is 18.5. The SMILES string of the molecule is Cc1ccc(C(C)C)c(N2C(=O)CCS/C2=N\C(=NC(Cc2ccc(-c3ncn(-c4ccc(OC(F)(F)F)cc4)n3)cc2)C(=O)OCc2ccccc2)OC(C)C)c1. The highest BCUT2D eigenvalue weighted by Gasteiger charge is 2.32. The Kier molecular flexibility index (Phi) is 13.3. The summed E-state index contributed by atoms with van der Waals surface area (Å²) in [6, 6.07) is 26.8. The first-order valence-corrected chi connectivity index (χ1v) is 19.7. The van der Waals surface area contributed by atoms with Crippen molar-refractivity contribution in [3.8, 4) is 22.8 Å². The first-order chi connectivity index (χ1) is 27.7. The van der Waals surface area contributed by atoms with Gasteiger partial charge in [0.05, 0.1) is 17.5 Å². The number of thioether (sulfide) groups is 1. The molecule has 0 spiro atoms. The van der Waals surface area contributed by atoms with E-state index < -0.39 is 18.4 Å². The fraction of sp³-hybridized carbons (Fsp3) is 0.302. The number of alkyl halides is 3. The Balaban J connectivity index is 1.29. The molecule has 5 aromatic rings. The van der Waals surface area contributed by atoms with Crippen LogP contribution >= 0.6 is 11.8 Å². The maximum atomic E-state index is 13.9. The van der Waals surface area contributed by atoms with Crippen LogP contribution in [0, 0.1) is 6.92 Å². The topological polar surface area (TPSA) is 120 Å². The van der Waals surface area contributed by atoms with Crippen LogP contribution in [0.15, 0.2) is 113 Å². The number of carbonyl (C=O) groups excluding carboxylic acids is 2. The number of halogens is 3. The van der Waals surface area contributed by atoms with Crippen molar-refractivity contribution in [3.05, 3.63) is 126 Å². The Morgan fingerprint density at radius 3 is 2.33 bits per heavy atom. The van der Waals surface area contributed by atoms with Crippen LogP contribution in [-0.2, 0) is 32.1 Å². The zero-order valence-corrected chi connectivity index (χ0v) is 33.5. The third-order valence-electron chi connectivity index (χ3n) is 8.80. The Bertz CT molecular complexity index is 2260. The third kappa shape index (κ3) is 11.1. The predicted octanol–water partition coefficient (Wildman–Crippen LogP) is 9.23. The van der Waals surface area contributed by atoms with Gasteiger partial charge in [-0.2, -0.15) is 4.99 Å². The molecule has 2 heterocycles. The molecule has 1 aliphatic rings. The summed E-state index contributed by atoms with van der Waals surface area (Å²) in [6.45, 7) is 9.83. The summed E-state index contributed by atoms with van der Waals surface area (Å²) in [5, 5.41) is 4.89. The lowest BCUT2D eigenvalue weighted by Crippen LogP contribution is -2.40. The van der Waals surface area contributed by atoms with Gasteiger partial charge in [0.15, 0.2) is 17.0 Å². The van der Waals surface area contributed by atoms with Crippen LogP contribution in [0.5, 0.6) is 5.75 Å². The molecular formula is C43H43F3N6O5S. The van der Waals surface area contributed by atoms with Crippen LogP contribution in [0.4, 0.5) is 18.9 Å². The number of aliphatic imine (C=N–C) groups is 2. The highest BCUT2D eigenvalue weighted by atomic mass is 32.2. The number of amidine groups is 2. The Labute approximate surface area is 339 Å². The lowest BCUT2D eigenvalue weighted by Gasteiger charge is -2.30. The lowest BCUT2D eigenvalue weighted by molar-refractivity contribution is -0.274. The van der Waals surface area contributed by atoms with Crippen molar-refractivity contribution in [2.45, 2.75) is 78.5 Å². The monoisotopic (exact) mass is 812 g/mol. The van der Waals surface area contributed by atoms with Crippen molar-refractivity contribution in [2.75, 3.05) is 10.7 Å². The van der Waals surface area contributed by atoms with Crippen molar-refractivity contribution >= 4 is 40.5 Å². The Hall–Kier alpha value is -5.96. The molecule has 0 N–H and O–H groups in total. The van der Waals surface area contributed by atoms with Gasteiger partial charge >= 0.3 is 18.4 Å². The van der Waals surface area contributed by atoms with Crippen LogP contribution in [0.3, 0.4) is 0 Å². The van der Waals surface area contributed by atoms with Gasteiger partial charge in [-0.05, 0) is 79.3 Å². The van der Waals surface area contributed by atoms with Crippen LogP contribution < -0.4 is 9.64 Å². The van der Waals surface area contributed by atoms with Crippen molar-refractivity contribution in [1.82, 2.24) is 14.8 Å². The minimum atomic E-state index is -4.79. The molecule has 1 saturated heterocycles. The average molecular weight is 813 g/mol. The van der Waals surface area contributed by atoms with Gasteiger partial charge in [-0.15, -0.1) is 18.3 Å². The number of benzene rings is 4. The highest BCUT2D eigenvalue weighted by molar-refractivity contribution is 8.14. The molecule has 1 unspecified atom stereocenters. The molecule has 1 atom stereocenters. The molecule has 1 aliphatic heterocycles. The number of hydrogen-bond acceptors (Lipinski definition) is 9. The van der Waals surface area contributed by atoms with Crippen molar-refractivity contribution in [2.24, 2.45) is 9.98 Å². The van der Waals surface area contributed by atoms with Crippen LogP contribution in [0.25, 0.3) is 17.1 Å². The maximum absolute atomic E-state index is 13.9. The third-order valence-corrected chi connectivity index (χ3v) is 9.74. The molecule has 15 heteroatoms. The molecule has 11 nitrogen and oxygen atoms in total. The van der Waals surface area contributed by atoms with Gasteiger partial charge in [0, 0.05) is 24.2 Å². The number of hydrogen-bond donors (Lipinski definition) is 0. The fourth-order valence-electron chi connectivity index (χ4n) is 6.02. The van der Waals surface area contributed by atoms with E-state index in [1.54, 1.807) is 17.0 Å². The standard InChI is InChI=1S/C43H43F3N6O5S/c1-27(2)35-20-11-29(5)23-37(35)52-38(53)21-22-58-42(52)49-41(56-28(3)4)48-36(40(54)55-25-31-9-7-6-8-10-31)24-30-12-14-32(15-13-30)39-47-26-51(50-39)33-16-18-34(19-17-33)57-43(44,45)46/h6-20,23,26-28,36H,21-22,24-25H2,1-5H3/b48-41?,49-42-. The van der Waals surface area contributed by atoms with E-state index in [0.717, 1.165) is 27.9 Å². The molecule has 58 heavy (non-hydrogen) atoms. The molecule has 1 aromatic heterocycles. The van der Waals surface area contributed by atoms with E-state index in [2.05, 4.69) is 28.7 Å². The molecule has 0 radical (unpaired) electrons. The predicted molar refractivity (Wildman–Crippen MR) is 218 cm³/mol. The van der Waals surface area contributed by atoms with Gasteiger partial charge in [0.25, 0.3) is 0 Å². The lowest BCUT2D eigenvalue weighted by atomic mass is 9.98. The van der Waals surface area contributed by atoms with Gasteiger partial charge in [-0.3, -0.25) is 9.69 Å². The minimum absolute atomic E-state index is 0.0371. The number of esters is 1. The summed E-state index contributed by atoms with van der Waals surface area (Å²) >= 11 is 1.42. The van der Waals surface area contributed by atoms with Crippen molar-refractivity contribution in [1.29, 1.82) is 0 Å². The molecular weight excluding hydrogens is 770 g/mol. The first-order valence-electron chi connectivity index (χ1n) is 18.7. The van der Waals surface area contributed by atoms with E-state index in [9.17, 15) is 22.8 Å². The number of rotatable bonds is 12. The van der Waals surface area contributed by atoms with Crippen LogP contribution in [0.1, 0.15) is 62.3 Å². The summed E-state index contributed by atoms with van der Waals surface area (Å²) in [5.74, 6) is 0.00984. The van der Waals surface area contributed by atoms with Crippen LogP contribution in [0.2, 0.25) is 0 Å². The summed E-state index contributed by atoms with van der Waals surface area (Å²) in [4.78, 5) is 43.0. The van der Waals surface area contributed by atoms with E-state index in [0.29, 0.717) is 34.4 Å². The van der Waals surface area contributed by atoms with Gasteiger partial charge < -0.3 is 14.2 Å². The second-order valence-electron chi connectivity index (χ2n) is 14.1. The van der Waals surface area contributed by atoms with Gasteiger partial charge in [0.2, 0.25) is 5.91 Å². The minimum Gasteiger partial charge on any atom is -0.461 e. The molecule has 0 saturated carbocycles. The van der Waals surface area contributed by atoms with Gasteiger partial charge in [0.1, 0.15) is 18.7 Å². The summed E-state index contributed by atoms with van der Waals surface area (Å²) in [6.07, 6.45) is -3.23. The quantitative estimate of drug-likeness (QED) is 0.0695. The summed E-state index contributed by atoms with van der Waals surface area (Å²) < 4.78 is 55.1. The molecule has 0 bridgehead atoms. The van der Waals surface area contributed by atoms with Crippen LogP contribution in [-0.4, -0.2) is 62.1 Å². The van der Waals surface area contributed by atoms with Gasteiger partial charge in [-0.25, -0.2) is 19.5 Å². The highest BCUT2D eigenvalue weighted by Crippen LogP contribution is 2.34. The molecule has 0 aliphatic carbocycles. The van der Waals surface area contributed by atoms with E-state index >= 15 is 0 Å². The zero-order valence-electron chi connectivity index (χ0n) is 32.6. The molecule has 1 fully saturated rings. The normalized spacial score (nSPS) is 14.9. The number of aryl methyl sites for hydroxylation is 1. The largest absolute Gasteiger partial charge is 0.573 e. The average Bonchev–Trinajstić information content (AvgIpc) is 3.67. The van der Waals surface area contributed by atoms with E-state index in [1.807, 2.05) is 81.4 Å². The Morgan fingerprint density at radius 1 is 0.931 bits per heavy atom. The molecule has 4 aromatic carbocycles. The molecule has 302 valence electrons. The molecule has 1 amide bonds. The summed E-state index contributed by atoms with van der Waals surface area (Å²) in [7, 11) is 0.